The van der Waals surface area contributed by atoms with Crippen molar-refractivity contribution < 1.29 is 14.3 Å². The number of Topliss-reactive ketones (excluding diaryl/α,β-unsaturated/α-hetero) is 1. The molecule has 0 bridgehead atoms. The average molecular weight is 256 g/mol. The highest BCUT2D eigenvalue weighted by Gasteiger charge is 2.23. The number of esters is 1. The lowest BCUT2D eigenvalue weighted by Crippen LogP contribution is -2.25. The summed E-state index contributed by atoms with van der Waals surface area (Å²) in [5.41, 5.74) is 0.104. The molecule has 1 aromatic rings. The van der Waals surface area contributed by atoms with Gasteiger partial charge in [0.15, 0.2) is 16.6 Å². The topological polar surface area (TPSA) is 59.5 Å². The first-order chi connectivity index (χ1) is 7.88. The van der Waals surface area contributed by atoms with E-state index < -0.39 is 5.97 Å². The Balaban J connectivity index is 3.21. The smallest absolute Gasteiger partial charge is 0.358 e. The van der Waals surface area contributed by atoms with Gasteiger partial charge < -0.3 is 9.64 Å². The summed E-state index contributed by atoms with van der Waals surface area (Å²) < 4.78 is 4.62. The molecule has 5 nitrogen and oxygen atoms in total. The fraction of sp³-hybridized carbons (Fsp3) is 0.545. The van der Waals surface area contributed by atoms with E-state index in [1.807, 2.05) is 25.8 Å². The van der Waals surface area contributed by atoms with Crippen molar-refractivity contribution in [1.29, 1.82) is 0 Å². The number of anilines is 1. The van der Waals surface area contributed by atoms with E-state index in [2.05, 4.69) is 9.72 Å². The van der Waals surface area contributed by atoms with Gasteiger partial charge in [-0.1, -0.05) is 11.3 Å². The van der Waals surface area contributed by atoms with Gasteiger partial charge >= 0.3 is 5.97 Å². The summed E-state index contributed by atoms with van der Waals surface area (Å²) in [6.07, 6.45) is 0. The quantitative estimate of drug-likeness (QED) is 0.609. The Morgan fingerprint density at radius 3 is 2.41 bits per heavy atom. The van der Waals surface area contributed by atoms with Crippen molar-refractivity contribution in [2.24, 2.45) is 0 Å². The molecule has 0 aliphatic heterocycles. The molecular weight excluding hydrogens is 240 g/mol. The number of thiazole rings is 1. The number of hydrogen-bond donors (Lipinski definition) is 0. The van der Waals surface area contributed by atoms with Crippen LogP contribution in [0.5, 0.6) is 0 Å². The summed E-state index contributed by atoms with van der Waals surface area (Å²) >= 11 is 1.21. The van der Waals surface area contributed by atoms with Crippen molar-refractivity contribution >= 4 is 28.2 Å². The molecule has 1 aromatic heterocycles. The van der Waals surface area contributed by atoms with Crippen molar-refractivity contribution in [2.45, 2.75) is 26.8 Å². The van der Waals surface area contributed by atoms with Crippen LogP contribution in [0, 0.1) is 0 Å². The van der Waals surface area contributed by atoms with Crippen LogP contribution in [0.15, 0.2) is 0 Å². The van der Waals surface area contributed by atoms with Gasteiger partial charge in [0.1, 0.15) is 4.88 Å². The third kappa shape index (κ3) is 2.82. The van der Waals surface area contributed by atoms with E-state index in [-0.39, 0.29) is 17.5 Å². The summed E-state index contributed by atoms with van der Waals surface area (Å²) in [5, 5.41) is 0.644. The minimum absolute atomic E-state index is 0.104. The number of ether oxygens (including phenoxy) is 1. The lowest BCUT2D eigenvalue weighted by atomic mass is 10.3. The van der Waals surface area contributed by atoms with Crippen LogP contribution in [-0.4, -0.2) is 36.9 Å². The van der Waals surface area contributed by atoms with E-state index in [1.54, 1.807) is 0 Å². The van der Waals surface area contributed by atoms with Crippen LogP contribution in [0.25, 0.3) is 0 Å². The van der Waals surface area contributed by atoms with E-state index in [0.29, 0.717) is 10.0 Å². The molecule has 0 N–H and O–H groups in total. The van der Waals surface area contributed by atoms with Crippen LogP contribution in [-0.2, 0) is 4.74 Å². The number of aromatic nitrogens is 1. The second-order valence-corrected chi connectivity index (χ2v) is 4.90. The Kier molecular flexibility index (Phi) is 4.22. The minimum Gasteiger partial charge on any atom is -0.464 e. The minimum atomic E-state index is -0.574. The predicted octanol–water partition coefficient (Wildman–Crippen LogP) is 1.98. The Labute approximate surface area is 104 Å². The van der Waals surface area contributed by atoms with E-state index in [9.17, 15) is 9.59 Å². The molecule has 0 spiro atoms. The third-order valence-electron chi connectivity index (χ3n) is 2.39. The number of carbonyl (C=O) groups is 2. The van der Waals surface area contributed by atoms with Crippen LogP contribution >= 0.6 is 11.3 Å². The van der Waals surface area contributed by atoms with Crippen LogP contribution in [0.3, 0.4) is 0 Å². The molecule has 0 unspecified atom stereocenters. The number of methoxy groups -OCH3 is 1. The summed E-state index contributed by atoms with van der Waals surface area (Å²) in [6.45, 7) is 5.43. The van der Waals surface area contributed by atoms with Gasteiger partial charge in [-0.25, -0.2) is 9.78 Å². The van der Waals surface area contributed by atoms with Crippen molar-refractivity contribution in [1.82, 2.24) is 4.98 Å². The summed E-state index contributed by atoms with van der Waals surface area (Å²) in [5.74, 6) is -0.749. The molecule has 0 amide bonds. The van der Waals surface area contributed by atoms with E-state index in [4.69, 9.17) is 0 Å². The zero-order valence-corrected chi connectivity index (χ0v) is 11.4. The number of nitrogens with zero attached hydrogens (tertiary/aromatic N) is 2. The molecule has 0 atom stereocenters. The van der Waals surface area contributed by atoms with Gasteiger partial charge in [0.2, 0.25) is 0 Å². The molecule has 1 heterocycles. The van der Waals surface area contributed by atoms with Crippen molar-refractivity contribution in [2.75, 3.05) is 19.1 Å². The number of ketones is 1. The Hall–Kier alpha value is -1.43. The summed E-state index contributed by atoms with van der Waals surface area (Å²) in [6, 6.07) is 0.242. The van der Waals surface area contributed by atoms with Crippen molar-refractivity contribution in [3.63, 3.8) is 0 Å². The highest BCUT2D eigenvalue weighted by atomic mass is 32.1. The monoisotopic (exact) mass is 256 g/mol. The SMILES string of the molecule is COC(=O)c1nc(N(C)C(C)C)sc1C(C)=O. The van der Waals surface area contributed by atoms with Crippen LogP contribution in [0.4, 0.5) is 5.13 Å². The molecule has 0 aliphatic carbocycles. The maximum Gasteiger partial charge on any atom is 0.358 e. The Bertz CT molecular complexity index is 440. The maximum atomic E-state index is 11.5. The average Bonchev–Trinajstić information content (AvgIpc) is 2.71. The molecule has 1 rings (SSSR count). The van der Waals surface area contributed by atoms with Crippen molar-refractivity contribution in [3.8, 4) is 0 Å². The fourth-order valence-electron chi connectivity index (χ4n) is 1.15. The zero-order valence-electron chi connectivity index (χ0n) is 10.6. The van der Waals surface area contributed by atoms with Gasteiger partial charge in [0.25, 0.3) is 0 Å². The second kappa shape index (κ2) is 5.27. The second-order valence-electron chi connectivity index (χ2n) is 3.93. The normalized spacial score (nSPS) is 10.5. The lowest BCUT2D eigenvalue weighted by Gasteiger charge is -2.19. The molecule has 94 valence electrons. The van der Waals surface area contributed by atoms with E-state index in [1.165, 1.54) is 25.4 Å². The van der Waals surface area contributed by atoms with Gasteiger partial charge in [-0.05, 0) is 13.8 Å². The first-order valence-corrected chi connectivity index (χ1v) is 6.03. The fourth-order valence-corrected chi connectivity index (χ4v) is 2.20. The largest absolute Gasteiger partial charge is 0.464 e. The van der Waals surface area contributed by atoms with Crippen LogP contribution < -0.4 is 4.90 Å². The summed E-state index contributed by atoms with van der Waals surface area (Å²) in [7, 11) is 3.14. The maximum absolute atomic E-state index is 11.5. The Morgan fingerprint density at radius 2 is 2.00 bits per heavy atom. The molecule has 17 heavy (non-hydrogen) atoms. The van der Waals surface area contributed by atoms with E-state index >= 15 is 0 Å². The molecule has 0 aromatic carbocycles. The standard InChI is InChI=1S/C11H16N2O3S/c1-6(2)13(4)11-12-8(10(15)16-5)9(17-11)7(3)14/h6H,1-5H3. The van der Waals surface area contributed by atoms with Crippen LogP contribution in [0.1, 0.15) is 40.9 Å². The highest BCUT2D eigenvalue weighted by molar-refractivity contribution is 7.17. The first-order valence-electron chi connectivity index (χ1n) is 5.21. The lowest BCUT2D eigenvalue weighted by molar-refractivity contribution is 0.0591. The number of hydrogen-bond acceptors (Lipinski definition) is 6. The van der Waals surface area contributed by atoms with Crippen LogP contribution in [0.2, 0.25) is 0 Å². The van der Waals surface area contributed by atoms with Crippen molar-refractivity contribution in [3.05, 3.63) is 10.6 Å². The molecule has 6 heteroatoms. The predicted molar refractivity (Wildman–Crippen MR) is 67.0 cm³/mol. The molecule has 0 saturated carbocycles. The van der Waals surface area contributed by atoms with Gasteiger partial charge in [-0.2, -0.15) is 0 Å². The molecule has 0 aliphatic rings. The summed E-state index contributed by atoms with van der Waals surface area (Å²) in [4.78, 5) is 29.4. The molecule has 0 saturated heterocycles. The van der Waals surface area contributed by atoms with Gasteiger partial charge in [0.05, 0.1) is 7.11 Å². The third-order valence-corrected chi connectivity index (χ3v) is 3.64. The van der Waals surface area contributed by atoms with Gasteiger partial charge in [-0.15, -0.1) is 0 Å². The highest BCUT2D eigenvalue weighted by Crippen LogP contribution is 2.27. The van der Waals surface area contributed by atoms with Gasteiger partial charge in [-0.3, -0.25) is 4.79 Å². The van der Waals surface area contributed by atoms with E-state index in [0.717, 1.165) is 0 Å². The number of carbonyl (C=O) groups excluding carboxylic acids is 2. The van der Waals surface area contributed by atoms with Gasteiger partial charge in [0, 0.05) is 20.0 Å². The molecular formula is C11H16N2O3S. The zero-order chi connectivity index (χ0) is 13.2. The molecule has 0 fully saturated rings. The first kappa shape index (κ1) is 13.6. The Morgan fingerprint density at radius 1 is 1.41 bits per heavy atom. The molecule has 0 radical (unpaired) electrons. The number of rotatable bonds is 4.